The fraction of sp³-hybridized carbons (Fsp3) is 0.692. The lowest BCUT2D eigenvalue weighted by Crippen LogP contribution is -2.36. The van der Waals surface area contributed by atoms with Gasteiger partial charge in [0.15, 0.2) is 0 Å². The van der Waals surface area contributed by atoms with Gasteiger partial charge in [-0.05, 0) is 37.6 Å². The first-order valence-corrected chi connectivity index (χ1v) is 9.17. The molecule has 0 amide bonds. The molecule has 0 heterocycles. The average Bonchev–Trinajstić information content (AvgIpc) is 2.40. The predicted molar refractivity (Wildman–Crippen MR) is 77.3 cm³/mol. The van der Waals surface area contributed by atoms with Gasteiger partial charge in [-0.2, -0.15) is 4.79 Å². The Morgan fingerprint density at radius 3 is 2.11 bits per heavy atom. The molecular formula is C13H24N2O3Si. The van der Waals surface area contributed by atoms with Crippen molar-refractivity contribution < 1.29 is 18.7 Å². The van der Waals surface area contributed by atoms with Crippen molar-refractivity contribution in [3.63, 3.8) is 0 Å². The van der Waals surface area contributed by atoms with Gasteiger partial charge in [0, 0.05) is 0 Å². The molecule has 19 heavy (non-hydrogen) atoms. The molecule has 0 unspecified atom stereocenters. The van der Waals surface area contributed by atoms with Crippen LogP contribution < -0.4 is 0 Å². The molecule has 0 fully saturated rings. The molecule has 0 aromatic carbocycles. The van der Waals surface area contributed by atoms with Crippen LogP contribution in [0.1, 0.15) is 34.6 Å². The number of allylic oxidation sites excluding steroid dienone is 1. The van der Waals surface area contributed by atoms with E-state index < -0.39 is 14.3 Å². The number of nitrogens with zero attached hydrogens (tertiary/aromatic N) is 2. The van der Waals surface area contributed by atoms with Gasteiger partial charge in [-0.1, -0.05) is 20.8 Å². The van der Waals surface area contributed by atoms with E-state index in [-0.39, 0.29) is 6.61 Å². The summed E-state index contributed by atoms with van der Waals surface area (Å²) in [4.78, 5) is 13.8. The highest BCUT2D eigenvalue weighted by Crippen LogP contribution is 2.26. The van der Waals surface area contributed by atoms with Crippen molar-refractivity contribution in [3.8, 4) is 0 Å². The summed E-state index contributed by atoms with van der Waals surface area (Å²) in [6.45, 7) is 10.4. The summed E-state index contributed by atoms with van der Waals surface area (Å²) in [5, 5.41) is 0. The third-order valence-corrected chi connectivity index (χ3v) is 7.88. The number of carbonyl (C=O) groups is 1. The second-order valence-corrected chi connectivity index (χ2v) is 9.31. The summed E-state index contributed by atoms with van der Waals surface area (Å²) in [5.41, 5.74) is 9.24. The lowest BCUT2D eigenvalue weighted by atomic mass is 10.3. The molecule has 0 bridgehead atoms. The van der Waals surface area contributed by atoms with E-state index in [0.29, 0.717) is 0 Å². The lowest BCUT2D eigenvalue weighted by Gasteiger charge is -2.30. The van der Waals surface area contributed by atoms with Crippen LogP contribution in [0.25, 0.3) is 5.53 Å². The third kappa shape index (κ3) is 5.85. The largest absolute Gasteiger partial charge is 0.544 e. The van der Waals surface area contributed by atoms with Gasteiger partial charge in [0.1, 0.15) is 12.4 Å². The number of carbonyl (C=O) groups excluding carboxylic acids is 1. The Bertz CT molecular complexity index is 371. The molecule has 0 rings (SSSR count). The first-order chi connectivity index (χ1) is 8.94. The molecule has 0 aliphatic heterocycles. The van der Waals surface area contributed by atoms with Gasteiger partial charge >= 0.3 is 12.2 Å². The smallest absolute Gasteiger partial charge is 0.414 e. The molecule has 0 aliphatic carbocycles. The van der Waals surface area contributed by atoms with Crippen molar-refractivity contribution in [1.82, 2.24) is 0 Å². The molecule has 0 radical (unpaired) electrons. The minimum absolute atomic E-state index is 0.0853. The van der Waals surface area contributed by atoms with Gasteiger partial charge in [-0.25, -0.2) is 4.79 Å². The normalized spacial score (nSPS) is 10.4. The standard InChI is InChI=1S/C13H24N2O3Si/c1-6-19(7-2,8-3)18-12(11(4)5)10-17-13(16)9-15-14/h9H,6-8,10H2,1-5H3. The molecular weight excluding hydrogens is 260 g/mol. The summed E-state index contributed by atoms with van der Waals surface area (Å²) in [5.74, 6) is 0.0403. The maximum atomic E-state index is 11.1. The van der Waals surface area contributed by atoms with Crippen molar-refractivity contribution in [3.05, 3.63) is 16.9 Å². The molecule has 6 heteroatoms. The maximum Gasteiger partial charge on any atom is 0.414 e. The minimum Gasteiger partial charge on any atom is -0.544 e. The van der Waals surface area contributed by atoms with E-state index in [1.807, 2.05) is 13.8 Å². The van der Waals surface area contributed by atoms with Crippen LogP contribution in [0.15, 0.2) is 11.3 Å². The molecule has 0 aliphatic rings. The van der Waals surface area contributed by atoms with Crippen LogP contribution in [0.5, 0.6) is 0 Å². The van der Waals surface area contributed by atoms with Crippen LogP contribution in [0.4, 0.5) is 0 Å². The quantitative estimate of drug-likeness (QED) is 0.172. The van der Waals surface area contributed by atoms with Crippen LogP contribution in [-0.2, 0) is 14.0 Å². The van der Waals surface area contributed by atoms with Crippen LogP contribution >= 0.6 is 0 Å². The number of esters is 1. The first kappa shape index (κ1) is 17.6. The van der Waals surface area contributed by atoms with Crippen molar-refractivity contribution in [1.29, 1.82) is 0 Å². The van der Waals surface area contributed by atoms with E-state index in [4.69, 9.17) is 14.7 Å². The average molecular weight is 284 g/mol. The first-order valence-electron chi connectivity index (χ1n) is 6.64. The molecule has 0 atom stereocenters. The van der Waals surface area contributed by atoms with E-state index in [0.717, 1.165) is 35.7 Å². The summed E-state index contributed by atoms with van der Waals surface area (Å²) >= 11 is 0. The van der Waals surface area contributed by atoms with E-state index >= 15 is 0 Å². The fourth-order valence-electron chi connectivity index (χ4n) is 1.72. The lowest BCUT2D eigenvalue weighted by molar-refractivity contribution is -0.138. The summed E-state index contributed by atoms with van der Waals surface area (Å²) in [6, 6.07) is 3.09. The second-order valence-electron chi connectivity index (χ2n) is 4.62. The fourth-order valence-corrected chi connectivity index (χ4v) is 4.44. The molecule has 5 nitrogen and oxygen atoms in total. The van der Waals surface area contributed by atoms with Crippen LogP contribution in [0.3, 0.4) is 0 Å². The van der Waals surface area contributed by atoms with Gasteiger partial charge in [0.25, 0.3) is 0 Å². The Morgan fingerprint density at radius 1 is 1.21 bits per heavy atom. The number of hydrogen-bond donors (Lipinski definition) is 0. The minimum atomic E-state index is -1.77. The zero-order valence-corrected chi connectivity index (χ0v) is 13.5. The second kappa shape index (κ2) is 8.66. The van der Waals surface area contributed by atoms with E-state index in [1.54, 1.807) is 0 Å². The number of hydrogen-bond acceptors (Lipinski definition) is 3. The number of ether oxygens (including phenoxy) is 1. The Hall–Kier alpha value is -1.39. The highest BCUT2D eigenvalue weighted by atomic mass is 28.4. The highest BCUT2D eigenvalue weighted by molar-refractivity contribution is 6.73. The van der Waals surface area contributed by atoms with Gasteiger partial charge in [0.2, 0.25) is 8.32 Å². The van der Waals surface area contributed by atoms with Gasteiger partial charge in [-0.15, -0.1) is 0 Å². The topological polar surface area (TPSA) is 71.9 Å². The predicted octanol–water partition coefficient (Wildman–Crippen LogP) is 3.15. The zero-order valence-electron chi connectivity index (χ0n) is 12.5. The molecule has 0 saturated heterocycles. The van der Waals surface area contributed by atoms with Gasteiger partial charge < -0.3 is 14.7 Å². The van der Waals surface area contributed by atoms with Gasteiger partial charge in [-0.3, -0.25) is 0 Å². The van der Waals surface area contributed by atoms with Crippen molar-refractivity contribution >= 4 is 20.5 Å². The molecule has 0 saturated carbocycles. The summed E-state index contributed by atoms with van der Waals surface area (Å²) < 4.78 is 11.2. The van der Waals surface area contributed by atoms with Crippen molar-refractivity contribution in [2.75, 3.05) is 6.61 Å². The Morgan fingerprint density at radius 2 is 1.74 bits per heavy atom. The monoisotopic (exact) mass is 284 g/mol. The van der Waals surface area contributed by atoms with Crippen molar-refractivity contribution in [2.45, 2.75) is 52.8 Å². The Labute approximate surface area is 116 Å². The zero-order chi connectivity index (χ0) is 14.9. The number of rotatable bonds is 8. The SMILES string of the molecule is CC[Si](CC)(CC)OC(COC(=O)C=[N+]=[N-])=C(C)C. The Balaban J connectivity index is 4.82. The molecule has 108 valence electrons. The summed E-state index contributed by atoms with van der Waals surface area (Å²) in [6.07, 6.45) is 0.729. The molecule has 0 N–H and O–H groups in total. The van der Waals surface area contributed by atoms with Crippen LogP contribution in [0, 0.1) is 0 Å². The van der Waals surface area contributed by atoms with Gasteiger partial charge in [0.05, 0.1) is 0 Å². The molecule has 0 aromatic rings. The third-order valence-electron chi connectivity index (χ3n) is 3.34. The molecule has 0 spiro atoms. The highest BCUT2D eigenvalue weighted by Gasteiger charge is 2.31. The van der Waals surface area contributed by atoms with Crippen molar-refractivity contribution in [2.24, 2.45) is 0 Å². The van der Waals surface area contributed by atoms with E-state index in [9.17, 15) is 4.79 Å². The maximum absolute atomic E-state index is 11.1. The molecule has 0 aromatic heterocycles. The summed E-state index contributed by atoms with van der Waals surface area (Å²) in [7, 11) is -1.77. The van der Waals surface area contributed by atoms with E-state index in [2.05, 4.69) is 25.6 Å². The van der Waals surface area contributed by atoms with E-state index in [1.165, 1.54) is 0 Å². The van der Waals surface area contributed by atoms with Crippen LogP contribution in [-0.4, -0.2) is 31.9 Å². The Kier molecular flexibility index (Phi) is 8.03. The van der Waals surface area contributed by atoms with Crippen LogP contribution in [0.2, 0.25) is 18.1 Å².